The van der Waals surface area contributed by atoms with E-state index in [1.165, 1.54) is 25.9 Å². The number of hydrogen-bond acceptors (Lipinski definition) is 5. The molecule has 27 heavy (non-hydrogen) atoms. The van der Waals surface area contributed by atoms with Gasteiger partial charge in [-0.2, -0.15) is 5.10 Å². The van der Waals surface area contributed by atoms with Gasteiger partial charge in [0.05, 0.1) is 13.1 Å². The van der Waals surface area contributed by atoms with Gasteiger partial charge in [0.15, 0.2) is 11.8 Å². The number of aliphatic imine (C=N–C) groups is 1. The zero-order valence-corrected chi connectivity index (χ0v) is 17.1. The molecule has 1 fully saturated rings. The number of methoxy groups -OCH3 is 1. The number of fused-ring (bicyclic) bond motifs is 1. The van der Waals surface area contributed by atoms with Crippen LogP contribution in [0.1, 0.15) is 51.2 Å². The summed E-state index contributed by atoms with van der Waals surface area (Å²) in [6.07, 6.45) is 5.77. The summed E-state index contributed by atoms with van der Waals surface area (Å²) in [5, 5.41) is 11.6. The lowest BCUT2D eigenvalue weighted by Crippen LogP contribution is -2.47. The molecule has 0 aliphatic carbocycles. The number of nitrogens with one attached hydrogen (secondary N) is 2. The highest BCUT2D eigenvalue weighted by Crippen LogP contribution is 2.15. The smallest absolute Gasteiger partial charge is 0.191 e. The zero-order chi connectivity index (χ0) is 19.1. The number of likely N-dealkylation sites (tertiary alicyclic amines) is 1. The summed E-state index contributed by atoms with van der Waals surface area (Å²) in [7, 11) is 1.68. The Morgan fingerprint density at radius 1 is 1.33 bits per heavy atom. The molecule has 8 nitrogen and oxygen atoms in total. The molecule has 2 atom stereocenters. The minimum Gasteiger partial charge on any atom is -0.377 e. The predicted molar refractivity (Wildman–Crippen MR) is 107 cm³/mol. The van der Waals surface area contributed by atoms with Crippen LogP contribution in [0, 0.1) is 0 Å². The lowest BCUT2D eigenvalue weighted by Gasteiger charge is -2.27. The van der Waals surface area contributed by atoms with Crippen LogP contribution in [0.4, 0.5) is 0 Å². The van der Waals surface area contributed by atoms with Gasteiger partial charge in [-0.3, -0.25) is 9.89 Å². The van der Waals surface area contributed by atoms with E-state index in [0.717, 1.165) is 56.5 Å². The van der Waals surface area contributed by atoms with Crippen LogP contribution < -0.4 is 10.6 Å². The maximum Gasteiger partial charge on any atom is 0.191 e. The highest BCUT2D eigenvalue weighted by molar-refractivity contribution is 5.80. The first kappa shape index (κ1) is 20.1. The third-order valence-electron chi connectivity index (χ3n) is 5.45. The van der Waals surface area contributed by atoms with Crippen molar-refractivity contribution in [1.29, 1.82) is 0 Å². The van der Waals surface area contributed by atoms with E-state index in [4.69, 9.17) is 9.73 Å². The zero-order valence-electron chi connectivity index (χ0n) is 17.1. The predicted octanol–water partition coefficient (Wildman–Crippen LogP) is 1.17. The van der Waals surface area contributed by atoms with Crippen molar-refractivity contribution in [2.24, 2.45) is 4.99 Å². The topological polar surface area (TPSA) is 79.6 Å². The number of ether oxygens (including phenoxy) is 1. The highest BCUT2D eigenvalue weighted by Gasteiger charge is 2.23. The van der Waals surface area contributed by atoms with Gasteiger partial charge in [-0.1, -0.05) is 6.92 Å². The fourth-order valence-corrected chi connectivity index (χ4v) is 3.99. The van der Waals surface area contributed by atoms with Gasteiger partial charge >= 0.3 is 0 Å². The van der Waals surface area contributed by atoms with E-state index in [2.05, 4.69) is 39.5 Å². The summed E-state index contributed by atoms with van der Waals surface area (Å²) in [6, 6.07) is 0.868. The average Bonchev–Trinajstić information content (AvgIpc) is 3.32. The molecule has 0 spiro atoms. The minimum atomic E-state index is 0.319. The Morgan fingerprint density at radius 2 is 2.15 bits per heavy atom. The summed E-state index contributed by atoms with van der Waals surface area (Å²) < 4.78 is 7.16. The van der Waals surface area contributed by atoms with Crippen LogP contribution in [0.25, 0.3) is 0 Å². The van der Waals surface area contributed by atoms with Crippen LogP contribution in [0.15, 0.2) is 4.99 Å². The standard InChI is InChI=1S/C19H35N7O/c1-4-16(25-10-6-7-11-25)12-21-19(20-5-2)22-15-8-9-18-23-17(14-27-3)24-26(18)13-15/h15-16H,4-14H2,1-3H3,(H2,20,21,22). The van der Waals surface area contributed by atoms with Crippen LogP contribution in [0.3, 0.4) is 0 Å². The van der Waals surface area contributed by atoms with Crippen LogP contribution in [0.2, 0.25) is 0 Å². The van der Waals surface area contributed by atoms with E-state index in [0.29, 0.717) is 18.7 Å². The molecule has 2 aliphatic heterocycles. The van der Waals surface area contributed by atoms with Crippen LogP contribution in [0.5, 0.6) is 0 Å². The SMILES string of the molecule is CCNC(=NCC(CC)N1CCCC1)NC1CCc2nc(COC)nn2C1. The Bertz CT molecular complexity index is 609. The van der Waals surface area contributed by atoms with Crippen molar-refractivity contribution in [2.45, 2.75) is 71.2 Å². The highest BCUT2D eigenvalue weighted by atomic mass is 16.5. The second-order valence-electron chi connectivity index (χ2n) is 7.46. The second kappa shape index (κ2) is 10.0. The van der Waals surface area contributed by atoms with Crippen molar-refractivity contribution in [3.8, 4) is 0 Å². The maximum atomic E-state index is 5.15. The van der Waals surface area contributed by atoms with Crippen molar-refractivity contribution in [2.75, 3.05) is 33.3 Å². The fraction of sp³-hybridized carbons (Fsp3) is 0.842. The molecule has 8 heteroatoms. The molecule has 1 saturated heterocycles. The van der Waals surface area contributed by atoms with E-state index in [1.54, 1.807) is 7.11 Å². The molecule has 2 aliphatic rings. The normalized spacial score (nSPS) is 21.9. The van der Waals surface area contributed by atoms with Crippen molar-refractivity contribution in [3.63, 3.8) is 0 Å². The van der Waals surface area contributed by atoms with Gasteiger partial charge in [-0.25, -0.2) is 9.67 Å². The number of hydrogen-bond donors (Lipinski definition) is 2. The second-order valence-corrected chi connectivity index (χ2v) is 7.46. The summed E-state index contributed by atoms with van der Waals surface area (Å²) in [5.41, 5.74) is 0. The number of guanidine groups is 1. The lowest BCUT2D eigenvalue weighted by atomic mass is 10.1. The summed E-state index contributed by atoms with van der Waals surface area (Å²) in [4.78, 5) is 12.0. The Hall–Kier alpha value is -1.67. The van der Waals surface area contributed by atoms with Crippen LogP contribution in [-0.4, -0.2) is 71.0 Å². The lowest BCUT2D eigenvalue weighted by molar-refractivity contribution is 0.177. The van der Waals surface area contributed by atoms with Crippen molar-refractivity contribution in [3.05, 3.63) is 11.6 Å². The summed E-state index contributed by atoms with van der Waals surface area (Å²) in [6.45, 7) is 9.83. The molecular weight excluding hydrogens is 342 g/mol. The Kier molecular flexibility index (Phi) is 7.46. The Morgan fingerprint density at radius 3 is 2.85 bits per heavy atom. The first-order valence-corrected chi connectivity index (χ1v) is 10.4. The summed E-state index contributed by atoms with van der Waals surface area (Å²) in [5.74, 6) is 2.74. The average molecular weight is 378 g/mol. The fourth-order valence-electron chi connectivity index (χ4n) is 3.99. The molecule has 152 valence electrons. The molecule has 0 radical (unpaired) electrons. The number of aryl methyl sites for hydroxylation is 1. The molecular formula is C19H35N7O. The molecule has 2 N–H and O–H groups in total. The van der Waals surface area contributed by atoms with Crippen LogP contribution in [-0.2, 0) is 24.3 Å². The Balaban J connectivity index is 1.58. The number of rotatable bonds is 8. The van der Waals surface area contributed by atoms with Crippen LogP contribution >= 0.6 is 0 Å². The van der Waals surface area contributed by atoms with Gasteiger partial charge in [0.25, 0.3) is 0 Å². The van der Waals surface area contributed by atoms with Crippen molar-refractivity contribution >= 4 is 5.96 Å². The maximum absolute atomic E-state index is 5.15. The summed E-state index contributed by atoms with van der Waals surface area (Å²) >= 11 is 0. The van der Waals surface area contributed by atoms with Gasteiger partial charge < -0.3 is 15.4 Å². The van der Waals surface area contributed by atoms with Gasteiger partial charge in [-0.15, -0.1) is 0 Å². The molecule has 3 rings (SSSR count). The Labute approximate surface area is 162 Å². The van der Waals surface area contributed by atoms with Crippen molar-refractivity contribution in [1.82, 2.24) is 30.3 Å². The molecule has 1 aromatic heterocycles. The van der Waals surface area contributed by atoms with E-state index in [1.807, 2.05) is 4.68 Å². The third-order valence-corrected chi connectivity index (χ3v) is 5.45. The molecule has 0 aromatic carbocycles. The largest absolute Gasteiger partial charge is 0.377 e. The first-order chi connectivity index (χ1) is 13.2. The molecule has 1 aromatic rings. The van der Waals surface area contributed by atoms with E-state index in [9.17, 15) is 0 Å². The minimum absolute atomic E-state index is 0.319. The van der Waals surface area contributed by atoms with Gasteiger partial charge in [-0.05, 0) is 45.7 Å². The molecule has 0 saturated carbocycles. The number of aromatic nitrogens is 3. The van der Waals surface area contributed by atoms with Gasteiger partial charge in [0.1, 0.15) is 12.4 Å². The molecule has 2 unspecified atom stereocenters. The monoisotopic (exact) mass is 377 g/mol. The molecule has 0 bridgehead atoms. The number of nitrogens with zero attached hydrogens (tertiary/aromatic N) is 5. The van der Waals surface area contributed by atoms with E-state index >= 15 is 0 Å². The van der Waals surface area contributed by atoms with E-state index in [-0.39, 0.29) is 0 Å². The first-order valence-electron chi connectivity index (χ1n) is 10.4. The quantitative estimate of drug-likeness (QED) is 0.523. The third kappa shape index (κ3) is 5.42. The van der Waals surface area contributed by atoms with Gasteiger partial charge in [0.2, 0.25) is 0 Å². The van der Waals surface area contributed by atoms with Crippen molar-refractivity contribution < 1.29 is 4.74 Å². The van der Waals surface area contributed by atoms with Gasteiger partial charge in [0, 0.05) is 32.2 Å². The van der Waals surface area contributed by atoms with E-state index < -0.39 is 0 Å². The molecule has 0 amide bonds. The molecule has 3 heterocycles.